The minimum absolute atomic E-state index is 0.434. The number of ether oxygens (including phenoxy) is 2. The van der Waals surface area contributed by atoms with Crippen molar-refractivity contribution in [1.29, 1.82) is 5.26 Å². The molecule has 0 bridgehead atoms. The number of hydrogen-bond donors (Lipinski definition) is 0. The molecule has 4 heteroatoms. The van der Waals surface area contributed by atoms with Crippen LogP contribution in [0.25, 0.3) is 0 Å². The molecule has 0 heterocycles. The number of hydrogen-bond acceptors (Lipinski definition) is 3. The number of benzene rings is 2. The highest BCUT2D eigenvalue weighted by Gasteiger charge is 2.03. The molecule has 0 fully saturated rings. The molecule has 3 nitrogen and oxygen atoms in total. The Morgan fingerprint density at radius 2 is 1.62 bits per heavy atom. The quantitative estimate of drug-likeness (QED) is 0.754. The zero-order chi connectivity index (χ0) is 15.2. The van der Waals surface area contributed by atoms with Gasteiger partial charge < -0.3 is 9.47 Å². The maximum atomic E-state index is 8.82. The summed E-state index contributed by atoms with van der Waals surface area (Å²) in [4.78, 5) is 0. The molecule has 2 aromatic rings. The van der Waals surface area contributed by atoms with E-state index in [-0.39, 0.29) is 0 Å². The summed E-state index contributed by atoms with van der Waals surface area (Å²) in [6, 6.07) is 13.2. The molecule has 0 atom stereocenters. The van der Waals surface area contributed by atoms with Crippen LogP contribution in [0.2, 0.25) is 0 Å². The van der Waals surface area contributed by atoms with Gasteiger partial charge in [-0.2, -0.15) is 5.26 Å². The topological polar surface area (TPSA) is 42.2 Å². The Morgan fingerprint density at radius 1 is 1.00 bits per heavy atom. The fourth-order valence-corrected chi connectivity index (χ4v) is 2.19. The summed E-state index contributed by atoms with van der Waals surface area (Å²) in [5, 5.41) is 8.82. The van der Waals surface area contributed by atoms with E-state index in [1.54, 1.807) is 18.2 Å². The predicted molar refractivity (Wildman–Crippen MR) is 85.8 cm³/mol. The van der Waals surface area contributed by atoms with Crippen molar-refractivity contribution < 1.29 is 9.47 Å². The Hall–Kier alpha value is -1.99. The van der Waals surface area contributed by atoms with Gasteiger partial charge in [0.15, 0.2) is 0 Å². The number of rotatable bonds is 5. The highest BCUT2D eigenvalue weighted by molar-refractivity contribution is 9.10. The summed E-state index contributed by atoms with van der Waals surface area (Å²) >= 11 is 3.53. The fourth-order valence-electron chi connectivity index (χ4n) is 1.96. The average molecular weight is 346 g/mol. The van der Waals surface area contributed by atoms with Crippen LogP contribution in [0.4, 0.5) is 0 Å². The Balaban J connectivity index is 1.86. The van der Waals surface area contributed by atoms with Crippen molar-refractivity contribution in [3.8, 4) is 17.6 Å². The summed E-state index contributed by atoms with van der Waals surface area (Å²) in [7, 11) is 0. The van der Waals surface area contributed by atoms with Gasteiger partial charge in [-0.15, -0.1) is 0 Å². The van der Waals surface area contributed by atoms with Gasteiger partial charge in [-0.25, -0.2) is 0 Å². The lowest BCUT2D eigenvalue weighted by atomic mass is 10.1. The van der Waals surface area contributed by atoms with Crippen LogP contribution in [0.3, 0.4) is 0 Å². The molecule has 0 saturated carbocycles. The number of nitriles is 1. The van der Waals surface area contributed by atoms with Gasteiger partial charge in [0.25, 0.3) is 0 Å². The monoisotopic (exact) mass is 345 g/mol. The average Bonchev–Trinajstić information content (AvgIpc) is 2.49. The molecule has 0 aliphatic heterocycles. The SMILES string of the molecule is Cc1cc(OCCOc2cccc(C#N)c2)cc(C)c1Br. The van der Waals surface area contributed by atoms with Gasteiger partial charge in [-0.05, 0) is 55.3 Å². The van der Waals surface area contributed by atoms with Gasteiger partial charge >= 0.3 is 0 Å². The lowest BCUT2D eigenvalue weighted by molar-refractivity contribution is 0.217. The second-order valence-corrected chi connectivity index (χ2v) is 5.50. The second kappa shape index (κ2) is 7.14. The smallest absolute Gasteiger partial charge is 0.122 e. The normalized spacial score (nSPS) is 10.0. The van der Waals surface area contributed by atoms with E-state index < -0.39 is 0 Å². The molecule has 108 valence electrons. The third kappa shape index (κ3) is 4.24. The first-order valence-electron chi connectivity index (χ1n) is 6.62. The summed E-state index contributed by atoms with van der Waals surface area (Å²) < 4.78 is 12.4. The third-order valence-electron chi connectivity index (χ3n) is 2.99. The van der Waals surface area contributed by atoms with Crippen molar-refractivity contribution in [2.75, 3.05) is 13.2 Å². The summed E-state index contributed by atoms with van der Waals surface area (Å²) in [6.07, 6.45) is 0. The van der Waals surface area contributed by atoms with Crippen LogP contribution in [0.1, 0.15) is 16.7 Å². The van der Waals surface area contributed by atoms with E-state index in [0.29, 0.717) is 24.5 Å². The van der Waals surface area contributed by atoms with Crippen molar-refractivity contribution in [2.24, 2.45) is 0 Å². The van der Waals surface area contributed by atoms with Crippen molar-refractivity contribution >= 4 is 15.9 Å². The Kier molecular flexibility index (Phi) is 5.24. The molecule has 0 amide bonds. The molecule has 0 aliphatic carbocycles. The summed E-state index contributed by atoms with van der Waals surface area (Å²) in [5.41, 5.74) is 2.88. The number of nitrogens with zero attached hydrogens (tertiary/aromatic N) is 1. The molecule has 0 saturated heterocycles. The van der Waals surface area contributed by atoms with E-state index in [2.05, 4.69) is 22.0 Å². The van der Waals surface area contributed by atoms with E-state index in [4.69, 9.17) is 14.7 Å². The predicted octanol–water partition coefficient (Wildman–Crippen LogP) is 4.40. The molecule has 21 heavy (non-hydrogen) atoms. The van der Waals surface area contributed by atoms with Gasteiger partial charge in [-0.1, -0.05) is 22.0 Å². The summed E-state index contributed by atoms with van der Waals surface area (Å²) in [6.45, 7) is 4.96. The van der Waals surface area contributed by atoms with Crippen molar-refractivity contribution in [3.05, 3.63) is 57.6 Å². The van der Waals surface area contributed by atoms with Crippen molar-refractivity contribution in [2.45, 2.75) is 13.8 Å². The van der Waals surface area contributed by atoms with Crippen LogP contribution in [0.15, 0.2) is 40.9 Å². The second-order valence-electron chi connectivity index (χ2n) is 4.71. The van der Waals surface area contributed by atoms with E-state index in [9.17, 15) is 0 Å². The van der Waals surface area contributed by atoms with Gasteiger partial charge in [0.05, 0.1) is 11.6 Å². The molecule has 0 radical (unpaired) electrons. The first kappa shape index (κ1) is 15.4. The maximum absolute atomic E-state index is 8.82. The third-order valence-corrected chi connectivity index (χ3v) is 4.24. The molecule has 2 rings (SSSR count). The highest BCUT2D eigenvalue weighted by atomic mass is 79.9. The van der Waals surface area contributed by atoms with E-state index in [1.807, 2.05) is 32.0 Å². The molecule has 0 spiro atoms. The maximum Gasteiger partial charge on any atom is 0.122 e. The van der Waals surface area contributed by atoms with Crippen LogP contribution < -0.4 is 9.47 Å². The Bertz CT molecular complexity index is 654. The van der Waals surface area contributed by atoms with Gasteiger partial charge in [0.2, 0.25) is 0 Å². The number of halogens is 1. The van der Waals surface area contributed by atoms with Crippen LogP contribution in [-0.4, -0.2) is 13.2 Å². The van der Waals surface area contributed by atoms with Gasteiger partial charge in [-0.3, -0.25) is 0 Å². The minimum atomic E-state index is 0.434. The highest BCUT2D eigenvalue weighted by Crippen LogP contribution is 2.26. The Morgan fingerprint density at radius 3 is 2.24 bits per heavy atom. The lowest BCUT2D eigenvalue weighted by Crippen LogP contribution is -2.09. The van der Waals surface area contributed by atoms with Crippen LogP contribution in [0.5, 0.6) is 11.5 Å². The summed E-state index contributed by atoms with van der Waals surface area (Å²) in [5.74, 6) is 1.52. The molecular formula is C17H16BrNO2. The van der Waals surface area contributed by atoms with Gasteiger partial charge in [0, 0.05) is 4.47 Å². The standard InChI is InChI=1S/C17H16BrNO2/c1-12-8-16(9-13(2)17(12)18)21-7-6-20-15-5-3-4-14(10-15)11-19/h3-5,8-10H,6-7H2,1-2H3. The molecule has 0 unspecified atom stereocenters. The van der Waals surface area contributed by atoms with Crippen LogP contribution in [0, 0.1) is 25.2 Å². The first-order valence-corrected chi connectivity index (χ1v) is 7.42. The van der Waals surface area contributed by atoms with Crippen molar-refractivity contribution in [1.82, 2.24) is 0 Å². The molecule has 0 aliphatic rings. The fraction of sp³-hybridized carbons (Fsp3) is 0.235. The molecular weight excluding hydrogens is 330 g/mol. The zero-order valence-corrected chi connectivity index (χ0v) is 13.6. The molecule has 0 N–H and O–H groups in total. The minimum Gasteiger partial charge on any atom is -0.490 e. The van der Waals surface area contributed by atoms with Crippen LogP contribution >= 0.6 is 15.9 Å². The lowest BCUT2D eigenvalue weighted by Gasteiger charge is -2.11. The van der Waals surface area contributed by atoms with Crippen molar-refractivity contribution in [3.63, 3.8) is 0 Å². The van der Waals surface area contributed by atoms with E-state index in [0.717, 1.165) is 21.3 Å². The zero-order valence-electron chi connectivity index (χ0n) is 12.0. The largest absolute Gasteiger partial charge is 0.490 e. The number of aryl methyl sites for hydroxylation is 2. The van der Waals surface area contributed by atoms with E-state index in [1.165, 1.54) is 0 Å². The van der Waals surface area contributed by atoms with E-state index >= 15 is 0 Å². The Labute approximate surface area is 133 Å². The van der Waals surface area contributed by atoms with Crippen LogP contribution in [-0.2, 0) is 0 Å². The molecule has 0 aromatic heterocycles. The first-order chi connectivity index (χ1) is 10.1. The van der Waals surface area contributed by atoms with Gasteiger partial charge in [0.1, 0.15) is 24.7 Å². The molecule has 2 aromatic carbocycles.